The lowest BCUT2D eigenvalue weighted by Crippen LogP contribution is -2.39. The number of amides is 2. The maximum absolute atomic E-state index is 12.3. The first-order valence-corrected chi connectivity index (χ1v) is 8.34. The molecule has 2 N–H and O–H groups in total. The Morgan fingerprint density at radius 1 is 1.33 bits per heavy atom. The number of nitrogens with one attached hydrogen (secondary N) is 1. The quantitative estimate of drug-likeness (QED) is 0.908. The average molecular weight is 325 g/mol. The summed E-state index contributed by atoms with van der Waals surface area (Å²) in [5.41, 5.74) is 3.25. The second kappa shape index (κ2) is 7.45. The average Bonchev–Trinajstić information content (AvgIpc) is 3.12. The van der Waals surface area contributed by atoms with Gasteiger partial charge in [-0.2, -0.15) is 0 Å². The van der Waals surface area contributed by atoms with Gasteiger partial charge in [0.15, 0.2) is 0 Å². The van der Waals surface area contributed by atoms with Crippen LogP contribution in [0, 0.1) is 5.92 Å². The van der Waals surface area contributed by atoms with Crippen LogP contribution in [-0.2, 0) is 0 Å². The van der Waals surface area contributed by atoms with E-state index < -0.39 is 0 Å². The smallest absolute Gasteiger partial charge is 0.317 e. The summed E-state index contributed by atoms with van der Waals surface area (Å²) in [4.78, 5) is 18.2. The number of aliphatic hydroxyl groups excluding tert-OH is 1. The van der Waals surface area contributed by atoms with Crippen molar-refractivity contribution in [1.29, 1.82) is 0 Å². The molecule has 2 amide bonds. The van der Waals surface area contributed by atoms with E-state index in [0.717, 1.165) is 23.1 Å². The van der Waals surface area contributed by atoms with Crippen LogP contribution in [0.5, 0.6) is 0 Å². The normalized spacial score (nSPS) is 18.4. The van der Waals surface area contributed by atoms with Gasteiger partial charge < -0.3 is 15.3 Å². The second-order valence-electron chi connectivity index (χ2n) is 6.32. The molecule has 24 heavy (non-hydrogen) atoms. The summed E-state index contributed by atoms with van der Waals surface area (Å²) in [6.45, 7) is 3.48. The molecule has 3 rings (SSSR count). The van der Waals surface area contributed by atoms with E-state index in [1.807, 2.05) is 49.5 Å². The number of hydrogen-bond acceptors (Lipinski definition) is 3. The minimum absolute atomic E-state index is 0.0604. The fourth-order valence-corrected chi connectivity index (χ4v) is 3.02. The molecule has 1 fully saturated rings. The first kappa shape index (κ1) is 16.5. The summed E-state index contributed by atoms with van der Waals surface area (Å²) in [5.74, 6) is 0.213. The molecule has 2 aromatic rings. The highest BCUT2D eigenvalue weighted by molar-refractivity contribution is 5.75. The maximum atomic E-state index is 12.3. The van der Waals surface area contributed by atoms with Gasteiger partial charge in [-0.25, -0.2) is 4.79 Å². The number of carbonyl (C=O) groups is 1. The van der Waals surface area contributed by atoms with Crippen LogP contribution in [0.25, 0.3) is 11.1 Å². The molecule has 0 spiro atoms. The van der Waals surface area contributed by atoms with Crippen molar-refractivity contribution in [2.45, 2.75) is 19.4 Å². The number of benzene rings is 1. The molecule has 1 aliphatic rings. The molecule has 1 aliphatic heterocycles. The fraction of sp³-hybridized carbons (Fsp3) is 0.368. The Morgan fingerprint density at radius 2 is 2.12 bits per heavy atom. The lowest BCUT2D eigenvalue weighted by atomic mass is 10.0. The molecule has 2 unspecified atom stereocenters. The zero-order valence-corrected chi connectivity index (χ0v) is 13.9. The predicted octanol–water partition coefficient (Wildman–Crippen LogP) is 2.83. The van der Waals surface area contributed by atoms with Crippen molar-refractivity contribution in [3.05, 3.63) is 54.4 Å². The molecule has 0 radical (unpaired) electrons. The lowest BCUT2D eigenvalue weighted by molar-refractivity contribution is 0.195. The summed E-state index contributed by atoms with van der Waals surface area (Å²) in [7, 11) is 0. The van der Waals surface area contributed by atoms with Gasteiger partial charge in [-0.15, -0.1) is 0 Å². The Labute approximate surface area is 142 Å². The van der Waals surface area contributed by atoms with Crippen LogP contribution >= 0.6 is 0 Å². The molecule has 2 heterocycles. The molecule has 0 aliphatic carbocycles. The Kier molecular flexibility index (Phi) is 5.11. The van der Waals surface area contributed by atoms with Gasteiger partial charge in [0.2, 0.25) is 0 Å². The molecular weight excluding hydrogens is 302 g/mol. The number of carbonyl (C=O) groups excluding carboxylic acids is 1. The number of rotatable bonds is 4. The highest BCUT2D eigenvalue weighted by atomic mass is 16.3. The molecule has 126 valence electrons. The Bertz CT molecular complexity index is 673. The van der Waals surface area contributed by atoms with E-state index >= 15 is 0 Å². The standard InChI is InChI=1S/C19H23N3O2/c1-14(21-19(24)22-10-8-15(12-22)13-23)16-4-6-17(7-5-16)18-3-2-9-20-11-18/h2-7,9,11,14-15,23H,8,10,12-13H2,1H3,(H,21,24). The molecular formula is C19H23N3O2. The number of pyridine rings is 1. The summed E-state index contributed by atoms with van der Waals surface area (Å²) in [5, 5.41) is 12.2. The number of urea groups is 1. The molecule has 5 heteroatoms. The first-order chi connectivity index (χ1) is 11.7. The predicted molar refractivity (Wildman–Crippen MR) is 93.4 cm³/mol. The van der Waals surface area contributed by atoms with Crippen LogP contribution in [0.15, 0.2) is 48.8 Å². The van der Waals surface area contributed by atoms with Crippen LogP contribution in [0.4, 0.5) is 4.79 Å². The molecule has 2 atom stereocenters. The molecule has 1 aromatic heterocycles. The van der Waals surface area contributed by atoms with Crippen molar-refractivity contribution in [2.75, 3.05) is 19.7 Å². The van der Waals surface area contributed by atoms with Crippen molar-refractivity contribution < 1.29 is 9.90 Å². The summed E-state index contributed by atoms with van der Waals surface area (Å²) < 4.78 is 0. The van der Waals surface area contributed by atoms with E-state index in [1.165, 1.54) is 0 Å². The molecule has 0 bridgehead atoms. The van der Waals surface area contributed by atoms with Crippen LogP contribution < -0.4 is 5.32 Å². The largest absolute Gasteiger partial charge is 0.396 e. The van der Waals surface area contributed by atoms with Gasteiger partial charge >= 0.3 is 6.03 Å². The van der Waals surface area contributed by atoms with Gasteiger partial charge in [-0.05, 0) is 36.1 Å². The van der Waals surface area contributed by atoms with Crippen molar-refractivity contribution >= 4 is 6.03 Å². The molecule has 1 aromatic carbocycles. The highest BCUT2D eigenvalue weighted by Crippen LogP contribution is 2.22. The third-order valence-electron chi connectivity index (χ3n) is 4.58. The Balaban J connectivity index is 1.61. The number of aromatic nitrogens is 1. The van der Waals surface area contributed by atoms with E-state index in [4.69, 9.17) is 0 Å². The monoisotopic (exact) mass is 325 g/mol. The van der Waals surface area contributed by atoms with Gasteiger partial charge in [-0.3, -0.25) is 4.98 Å². The van der Waals surface area contributed by atoms with Gasteiger partial charge in [0, 0.05) is 38.0 Å². The van der Waals surface area contributed by atoms with Gasteiger partial charge in [0.05, 0.1) is 6.04 Å². The van der Waals surface area contributed by atoms with E-state index in [-0.39, 0.29) is 24.6 Å². The van der Waals surface area contributed by atoms with E-state index in [1.54, 1.807) is 11.1 Å². The van der Waals surface area contributed by atoms with Crippen LogP contribution in [0.1, 0.15) is 24.9 Å². The second-order valence-corrected chi connectivity index (χ2v) is 6.32. The zero-order valence-electron chi connectivity index (χ0n) is 13.9. The summed E-state index contributed by atoms with van der Waals surface area (Å²) in [6, 6.07) is 12.0. The van der Waals surface area contributed by atoms with Crippen molar-refractivity contribution in [2.24, 2.45) is 5.92 Å². The number of hydrogen-bond donors (Lipinski definition) is 2. The Hall–Kier alpha value is -2.40. The minimum Gasteiger partial charge on any atom is -0.396 e. The first-order valence-electron chi connectivity index (χ1n) is 8.34. The lowest BCUT2D eigenvalue weighted by Gasteiger charge is -2.21. The highest BCUT2D eigenvalue weighted by Gasteiger charge is 2.26. The fourth-order valence-electron chi connectivity index (χ4n) is 3.02. The van der Waals surface area contributed by atoms with Crippen molar-refractivity contribution in [1.82, 2.24) is 15.2 Å². The zero-order chi connectivity index (χ0) is 16.9. The van der Waals surface area contributed by atoms with Gasteiger partial charge in [0.1, 0.15) is 0 Å². The molecule has 0 saturated carbocycles. The van der Waals surface area contributed by atoms with Crippen molar-refractivity contribution in [3.8, 4) is 11.1 Å². The van der Waals surface area contributed by atoms with Crippen LogP contribution in [0.2, 0.25) is 0 Å². The Morgan fingerprint density at radius 3 is 2.75 bits per heavy atom. The number of aliphatic hydroxyl groups is 1. The molecule has 5 nitrogen and oxygen atoms in total. The maximum Gasteiger partial charge on any atom is 0.317 e. The topological polar surface area (TPSA) is 65.5 Å². The number of likely N-dealkylation sites (tertiary alicyclic amines) is 1. The van der Waals surface area contributed by atoms with E-state index in [9.17, 15) is 9.90 Å². The van der Waals surface area contributed by atoms with Gasteiger partial charge in [0.25, 0.3) is 0 Å². The SMILES string of the molecule is CC(NC(=O)N1CCC(CO)C1)c1ccc(-c2cccnc2)cc1. The van der Waals surface area contributed by atoms with E-state index in [2.05, 4.69) is 10.3 Å². The number of nitrogens with zero attached hydrogens (tertiary/aromatic N) is 2. The third kappa shape index (κ3) is 3.74. The van der Waals surface area contributed by atoms with E-state index in [0.29, 0.717) is 13.1 Å². The van der Waals surface area contributed by atoms with Gasteiger partial charge in [-0.1, -0.05) is 30.3 Å². The molecule has 1 saturated heterocycles. The summed E-state index contributed by atoms with van der Waals surface area (Å²) >= 11 is 0. The van der Waals surface area contributed by atoms with Crippen LogP contribution in [0.3, 0.4) is 0 Å². The van der Waals surface area contributed by atoms with Crippen LogP contribution in [-0.4, -0.2) is 40.7 Å². The third-order valence-corrected chi connectivity index (χ3v) is 4.58. The van der Waals surface area contributed by atoms with Crippen molar-refractivity contribution in [3.63, 3.8) is 0 Å². The summed E-state index contributed by atoms with van der Waals surface area (Å²) in [6.07, 6.45) is 4.47. The minimum atomic E-state index is -0.0615.